The average molecular weight is 1830 g/mol. The van der Waals surface area contributed by atoms with Gasteiger partial charge in [-0.1, -0.05) is 358 Å². The molecule has 0 aliphatic carbocycles. The zero-order chi connectivity index (χ0) is 90.9. The van der Waals surface area contributed by atoms with Crippen LogP contribution in [0.15, 0.2) is 466 Å². The van der Waals surface area contributed by atoms with Crippen LogP contribution in [0, 0.1) is 0 Å². The number of rotatable bonds is 16. The first-order valence-electron chi connectivity index (χ1n) is 45.2. The maximum Gasteiger partial charge on any atom is 0.164 e. The zero-order valence-electron chi connectivity index (χ0n) is 73.4. The van der Waals surface area contributed by atoms with Crippen LogP contribution in [0.2, 0.25) is 0 Å². The highest BCUT2D eigenvalue weighted by molar-refractivity contribution is 7.26. The van der Waals surface area contributed by atoms with Crippen molar-refractivity contribution in [3.8, 4) is 178 Å². The van der Waals surface area contributed by atoms with Crippen molar-refractivity contribution in [2.45, 2.75) is 0 Å². The number of benzene rings is 17. The molecule has 0 unspecified atom stereocenters. The van der Waals surface area contributed by atoms with Crippen LogP contribution >= 0.6 is 45.3 Å². The van der Waals surface area contributed by atoms with Crippen molar-refractivity contribution in [1.29, 1.82) is 0 Å². The first-order chi connectivity index (χ1) is 67.8. The molecule has 9 heterocycles. The van der Waals surface area contributed by atoms with Crippen LogP contribution < -0.4 is 0 Å². The molecule has 0 saturated heterocycles. The van der Waals surface area contributed by atoms with Gasteiger partial charge >= 0.3 is 0 Å². The van der Waals surface area contributed by atoms with Gasteiger partial charge in [-0.05, 0) is 168 Å². The number of pyridine rings is 1. The molecule has 26 rings (SSSR count). The Kier molecular flexibility index (Phi) is 22.3. The molecule has 0 atom stereocenters. The van der Waals surface area contributed by atoms with Crippen LogP contribution in [0.5, 0.6) is 0 Å². The van der Waals surface area contributed by atoms with Crippen LogP contribution in [-0.2, 0) is 0 Å². The van der Waals surface area contributed by atoms with Gasteiger partial charge in [0.15, 0.2) is 52.4 Å². The lowest BCUT2D eigenvalue weighted by molar-refractivity contribution is 0.669. The van der Waals surface area contributed by atoms with Crippen LogP contribution in [-0.4, -0.2) is 49.8 Å². The molecule has 0 bridgehead atoms. The van der Waals surface area contributed by atoms with E-state index >= 15 is 0 Å². The van der Waals surface area contributed by atoms with Gasteiger partial charge in [-0.3, -0.25) is 4.98 Å². The van der Waals surface area contributed by atoms with Gasteiger partial charge in [-0.25, -0.2) is 44.9 Å². The Balaban J connectivity index is 0.000000112. The highest BCUT2D eigenvalue weighted by atomic mass is 32.1. The predicted octanol–water partition coefficient (Wildman–Crippen LogP) is 33.6. The van der Waals surface area contributed by atoms with Crippen molar-refractivity contribution >= 4 is 118 Å². The molecule has 0 amide bonds. The highest BCUT2D eigenvalue weighted by Crippen LogP contribution is 2.43. The molecule has 0 fully saturated rings. The Morgan fingerprint density at radius 1 is 0.153 bits per heavy atom. The summed E-state index contributed by atoms with van der Waals surface area (Å²) in [5.41, 5.74) is 22.6. The Hall–Kier alpha value is -17.2. The Morgan fingerprint density at radius 3 is 0.825 bits per heavy atom. The van der Waals surface area contributed by atoms with Gasteiger partial charge in [0.05, 0.1) is 0 Å². The molecule has 0 spiro atoms. The summed E-state index contributed by atoms with van der Waals surface area (Å²) in [7, 11) is 0. The number of aromatic nitrogens is 10. The average Bonchev–Trinajstić information content (AvgIpc) is 1.64. The third kappa shape index (κ3) is 17.3. The summed E-state index contributed by atoms with van der Waals surface area (Å²) >= 11 is 7.22. The van der Waals surface area contributed by atoms with E-state index in [4.69, 9.17) is 49.3 Å². The second kappa shape index (κ2) is 36.8. The SMILES string of the molecule is c1ccc(-c2cccc(-c3nc(-c4ccc(-c5cc6ccccc6s5)cc4)nc(-c4ccc5c(c4)oc4ccccc45)n3)c2)cc1.c1ccc(-c2cccc(-c3nc(-c4ccc(-c5cc6ccccc6s5)cc4)nc(-c4ccc5c(c4)sc4ccccc45)n3)c2)cc1.c1ccc(-c2cccc(-c3nc(-c4ccc(-c5cccnc5)cc4)nc(-c4ccc(-c5cc6ccccc6s5)cc4)n3)c2)cc1. The summed E-state index contributed by atoms with van der Waals surface area (Å²) in [6.07, 6.45) is 3.66. The molecule has 9 aromatic heterocycles. The lowest BCUT2D eigenvalue weighted by Crippen LogP contribution is -2.00. The largest absolute Gasteiger partial charge is 0.456 e. The minimum absolute atomic E-state index is 0.598. The Labute approximate surface area is 805 Å². The minimum atomic E-state index is 0.598. The Morgan fingerprint density at radius 2 is 0.431 bits per heavy atom. The summed E-state index contributed by atoms with van der Waals surface area (Å²) in [5.74, 6) is 5.73. The van der Waals surface area contributed by atoms with Crippen LogP contribution in [0.4, 0.5) is 0 Å². The van der Waals surface area contributed by atoms with Crippen molar-refractivity contribution in [3.63, 3.8) is 0 Å². The van der Waals surface area contributed by atoms with Crippen molar-refractivity contribution in [2.75, 3.05) is 0 Å². The lowest BCUT2D eigenvalue weighted by Gasteiger charge is -2.10. The van der Waals surface area contributed by atoms with E-state index in [0.29, 0.717) is 52.4 Å². The van der Waals surface area contributed by atoms with Gasteiger partial charge in [0.1, 0.15) is 11.2 Å². The topological polar surface area (TPSA) is 142 Å². The van der Waals surface area contributed by atoms with E-state index in [1.807, 2.05) is 66.1 Å². The van der Waals surface area contributed by atoms with Crippen LogP contribution in [0.25, 0.3) is 251 Å². The molecule has 644 valence electrons. The number of furan rings is 1. The molecule has 11 nitrogen and oxygen atoms in total. The fraction of sp³-hybridized carbons (Fsp3) is 0. The van der Waals surface area contributed by atoms with Crippen molar-refractivity contribution in [2.24, 2.45) is 0 Å². The first kappa shape index (κ1) is 82.9. The van der Waals surface area contributed by atoms with E-state index in [1.54, 1.807) is 40.2 Å². The van der Waals surface area contributed by atoms with E-state index in [9.17, 15) is 0 Å². The smallest absolute Gasteiger partial charge is 0.164 e. The molecular formula is C122H76N10OS4. The monoisotopic (exact) mass is 1820 g/mol. The highest BCUT2D eigenvalue weighted by Gasteiger charge is 2.22. The van der Waals surface area contributed by atoms with E-state index < -0.39 is 0 Å². The van der Waals surface area contributed by atoms with Gasteiger partial charge in [0.25, 0.3) is 0 Å². The van der Waals surface area contributed by atoms with Gasteiger partial charge in [-0.15, -0.1) is 45.3 Å². The normalized spacial score (nSPS) is 11.4. The summed E-state index contributed by atoms with van der Waals surface area (Å²) in [4.78, 5) is 53.2. The number of thiophene rings is 4. The number of nitrogens with zero attached hydrogens (tertiary/aromatic N) is 10. The number of para-hydroxylation sites is 1. The molecule has 0 N–H and O–H groups in total. The van der Waals surface area contributed by atoms with Gasteiger partial charge < -0.3 is 4.42 Å². The molecule has 17 aromatic carbocycles. The van der Waals surface area contributed by atoms with Crippen LogP contribution in [0.3, 0.4) is 0 Å². The first-order valence-corrected chi connectivity index (χ1v) is 48.4. The summed E-state index contributed by atoms with van der Waals surface area (Å²) in [5, 5.41) is 8.50. The van der Waals surface area contributed by atoms with Crippen molar-refractivity contribution in [3.05, 3.63) is 461 Å². The molecule has 26 aromatic rings. The van der Waals surface area contributed by atoms with Crippen molar-refractivity contribution in [1.82, 2.24) is 49.8 Å². The van der Waals surface area contributed by atoms with Gasteiger partial charge in [0, 0.05) is 122 Å². The molecule has 0 radical (unpaired) electrons. The third-order valence-corrected chi connectivity index (χ3v) is 29.2. The molecule has 0 saturated carbocycles. The van der Waals surface area contributed by atoms with E-state index in [1.165, 1.54) is 81.8 Å². The minimum Gasteiger partial charge on any atom is -0.456 e. The molecule has 137 heavy (non-hydrogen) atoms. The Bertz CT molecular complexity index is 8500. The molecule has 15 heteroatoms. The standard InChI is InChI=1S/C41H25N3OS.C41H25N3S2.C40H26N4S/c1-2-9-26(10-3-1)29-12-8-13-31(23-29)40-42-39(28-19-17-27(18-20-28)38-25-30-11-4-7-16-37(30)46-38)43-41(44-40)32-21-22-34-33-14-5-6-15-35(33)45-36(34)24-32;1-2-9-26(10-3-1)29-12-8-13-31(23-29)40-42-39(28-19-17-27(18-20-28)37-24-30-11-4-6-15-35(30)45-37)43-41(44-40)32-21-22-34-33-14-5-7-16-36(33)46-38(34)25-32;1-2-8-27(9-3-1)32-11-6-12-34(24-32)40-43-38(30-19-15-28(16-20-30)35-13-7-23-41-26-35)42-39(44-40)31-21-17-29(18-22-31)37-25-33-10-4-5-14-36(33)45-37/h2*1-25H;1-26H. The van der Waals surface area contributed by atoms with Gasteiger partial charge in [0.2, 0.25) is 0 Å². The third-order valence-electron chi connectivity index (χ3n) is 24.6. The quantitative estimate of drug-likeness (QED) is 0.0912. The maximum atomic E-state index is 6.22. The van der Waals surface area contributed by atoms with Crippen LogP contribution in [0.1, 0.15) is 0 Å². The number of fused-ring (bicyclic) bond motifs is 9. The summed E-state index contributed by atoms with van der Waals surface area (Å²) in [6.45, 7) is 0. The predicted molar refractivity (Wildman–Crippen MR) is 571 cm³/mol. The number of hydrogen-bond donors (Lipinski definition) is 0. The maximum absolute atomic E-state index is 6.22. The van der Waals surface area contributed by atoms with Crippen molar-refractivity contribution < 1.29 is 4.42 Å². The second-order valence-corrected chi connectivity index (χ2v) is 37.7. The molecular weight excluding hydrogens is 1750 g/mol. The number of hydrogen-bond acceptors (Lipinski definition) is 15. The van der Waals surface area contributed by atoms with E-state index in [2.05, 4.69) is 405 Å². The fourth-order valence-electron chi connectivity index (χ4n) is 17.5. The van der Waals surface area contributed by atoms with Gasteiger partial charge in [-0.2, -0.15) is 0 Å². The second-order valence-electron chi connectivity index (χ2n) is 33.4. The molecule has 0 aliphatic heterocycles. The summed E-state index contributed by atoms with van der Waals surface area (Å²) in [6, 6.07) is 156. The zero-order valence-corrected chi connectivity index (χ0v) is 76.7. The van der Waals surface area contributed by atoms with E-state index in [-0.39, 0.29) is 0 Å². The lowest BCUT2D eigenvalue weighted by atomic mass is 10.0. The fourth-order valence-corrected chi connectivity index (χ4v) is 21.8. The molecule has 0 aliphatic rings. The van der Waals surface area contributed by atoms with E-state index in [0.717, 1.165) is 117 Å². The summed E-state index contributed by atoms with van der Waals surface area (Å²) < 4.78 is 12.6.